The van der Waals surface area contributed by atoms with E-state index in [2.05, 4.69) is 44.4 Å². The summed E-state index contributed by atoms with van der Waals surface area (Å²) in [7, 11) is 0. The molecule has 0 atom stereocenters. The Labute approximate surface area is 211 Å². The van der Waals surface area contributed by atoms with Gasteiger partial charge in [-0.25, -0.2) is 0 Å². The van der Waals surface area contributed by atoms with Crippen molar-refractivity contribution in [2.75, 3.05) is 42.9 Å². The maximum Gasteiger partial charge on any atom is 0.255 e. The van der Waals surface area contributed by atoms with Crippen LogP contribution in [0.15, 0.2) is 71.1 Å². The fraction of sp³-hybridized carbons (Fsp3) is 0.276. The number of carbonyl (C=O) groups excluding carboxylic acids is 1. The molecule has 0 unspecified atom stereocenters. The van der Waals surface area contributed by atoms with E-state index in [1.807, 2.05) is 56.3 Å². The van der Waals surface area contributed by atoms with Crippen molar-refractivity contribution in [1.82, 2.24) is 15.1 Å². The summed E-state index contributed by atoms with van der Waals surface area (Å²) >= 11 is 0. The predicted octanol–water partition coefficient (Wildman–Crippen LogP) is 5.41. The van der Waals surface area contributed by atoms with Crippen molar-refractivity contribution in [3.63, 3.8) is 0 Å². The van der Waals surface area contributed by atoms with Gasteiger partial charge >= 0.3 is 0 Å². The van der Waals surface area contributed by atoms with E-state index in [1.54, 1.807) is 12.1 Å². The van der Waals surface area contributed by atoms with Crippen molar-refractivity contribution in [2.24, 2.45) is 0 Å². The van der Waals surface area contributed by atoms with Gasteiger partial charge in [0.2, 0.25) is 11.8 Å². The van der Waals surface area contributed by atoms with Gasteiger partial charge in [-0.15, -0.1) is 10.2 Å². The maximum absolute atomic E-state index is 12.9. The Bertz CT molecular complexity index is 1350. The third-order valence-electron chi connectivity index (χ3n) is 6.84. The first-order valence-corrected chi connectivity index (χ1v) is 12.4. The summed E-state index contributed by atoms with van der Waals surface area (Å²) in [5, 5.41) is 11.4. The molecule has 1 aliphatic rings. The van der Waals surface area contributed by atoms with Crippen LogP contribution in [-0.4, -0.2) is 53.7 Å². The van der Waals surface area contributed by atoms with Gasteiger partial charge in [-0.05, 0) is 80.1 Å². The van der Waals surface area contributed by atoms with E-state index in [4.69, 9.17) is 4.42 Å². The van der Waals surface area contributed by atoms with Gasteiger partial charge in [-0.1, -0.05) is 25.1 Å². The molecule has 0 bridgehead atoms. The zero-order valence-electron chi connectivity index (χ0n) is 21.0. The van der Waals surface area contributed by atoms with Crippen LogP contribution in [0, 0.1) is 13.8 Å². The molecule has 0 saturated carbocycles. The van der Waals surface area contributed by atoms with E-state index in [1.165, 1.54) is 5.69 Å². The lowest BCUT2D eigenvalue weighted by molar-refractivity contribution is 0.102. The molecule has 0 aliphatic carbocycles. The molecule has 7 heteroatoms. The second-order valence-corrected chi connectivity index (χ2v) is 9.18. The summed E-state index contributed by atoms with van der Waals surface area (Å²) in [4.78, 5) is 17.8. The van der Waals surface area contributed by atoms with Gasteiger partial charge in [0.25, 0.3) is 5.91 Å². The lowest BCUT2D eigenvalue weighted by Gasteiger charge is -2.35. The number of amides is 1. The summed E-state index contributed by atoms with van der Waals surface area (Å²) in [6.45, 7) is 11.6. The quantitative estimate of drug-likeness (QED) is 0.397. The van der Waals surface area contributed by atoms with Crippen LogP contribution in [-0.2, 0) is 0 Å². The second kappa shape index (κ2) is 10.3. The van der Waals surface area contributed by atoms with Gasteiger partial charge in [-0.3, -0.25) is 4.79 Å². The number of anilines is 2. The molecule has 7 nitrogen and oxygen atoms in total. The molecule has 1 N–H and O–H groups in total. The number of rotatable bonds is 6. The number of hydrogen-bond acceptors (Lipinski definition) is 6. The highest BCUT2D eigenvalue weighted by molar-refractivity contribution is 6.05. The van der Waals surface area contributed by atoms with Gasteiger partial charge in [0.05, 0.1) is 0 Å². The molecule has 36 heavy (non-hydrogen) atoms. The molecule has 3 aromatic carbocycles. The van der Waals surface area contributed by atoms with Crippen molar-refractivity contribution in [2.45, 2.75) is 20.8 Å². The van der Waals surface area contributed by atoms with Crippen LogP contribution in [0.25, 0.3) is 22.9 Å². The summed E-state index contributed by atoms with van der Waals surface area (Å²) in [6, 6.07) is 21.3. The fourth-order valence-electron chi connectivity index (χ4n) is 4.53. The zero-order chi connectivity index (χ0) is 25.1. The normalized spacial score (nSPS) is 14.1. The van der Waals surface area contributed by atoms with E-state index in [9.17, 15) is 4.79 Å². The van der Waals surface area contributed by atoms with Gasteiger partial charge < -0.3 is 19.5 Å². The molecule has 2 heterocycles. The Morgan fingerprint density at radius 2 is 1.61 bits per heavy atom. The van der Waals surface area contributed by atoms with Gasteiger partial charge in [0.15, 0.2) is 0 Å². The van der Waals surface area contributed by atoms with Crippen LogP contribution in [0.2, 0.25) is 0 Å². The van der Waals surface area contributed by atoms with Crippen LogP contribution < -0.4 is 10.2 Å². The number of benzene rings is 3. The van der Waals surface area contributed by atoms with E-state index in [0.29, 0.717) is 17.3 Å². The predicted molar refractivity (Wildman–Crippen MR) is 143 cm³/mol. The minimum atomic E-state index is -0.153. The van der Waals surface area contributed by atoms with Crippen LogP contribution in [0.5, 0.6) is 0 Å². The fourth-order valence-corrected chi connectivity index (χ4v) is 4.53. The molecule has 5 rings (SSSR count). The van der Waals surface area contributed by atoms with Gasteiger partial charge in [-0.2, -0.15) is 0 Å². The lowest BCUT2D eigenvalue weighted by atomic mass is 10.1. The first-order chi connectivity index (χ1) is 17.5. The highest BCUT2D eigenvalue weighted by Gasteiger charge is 2.17. The monoisotopic (exact) mass is 481 g/mol. The number of nitrogens with zero attached hydrogens (tertiary/aromatic N) is 4. The molecule has 1 saturated heterocycles. The van der Waals surface area contributed by atoms with E-state index < -0.39 is 0 Å². The average Bonchev–Trinajstić information content (AvgIpc) is 3.40. The number of likely N-dealkylation sites (N-methyl/N-ethyl adjacent to an activating group) is 1. The Morgan fingerprint density at radius 3 is 2.31 bits per heavy atom. The van der Waals surface area contributed by atoms with Gasteiger partial charge in [0, 0.05) is 54.2 Å². The first kappa shape index (κ1) is 23.8. The Morgan fingerprint density at radius 1 is 0.889 bits per heavy atom. The van der Waals surface area contributed by atoms with Crippen molar-refractivity contribution >= 4 is 17.3 Å². The van der Waals surface area contributed by atoms with Crippen molar-refractivity contribution < 1.29 is 9.21 Å². The zero-order valence-corrected chi connectivity index (χ0v) is 21.0. The van der Waals surface area contributed by atoms with Gasteiger partial charge in [0.1, 0.15) is 0 Å². The molecule has 184 valence electrons. The molecule has 1 aromatic heterocycles. The number of nitrogens with one attached hydrogen (secondary N) is 1. The Kier molecular flexibility index (Phi) is 6.82. The van der Waals surface area contributed by atoms with E-state index >= 15 is 0 Å². The van der Waals surface area contributed by atoms with Crippen LogP contribution in [0.3, 0.4) is 0 Å². The minimum Gasteiger partial charge on any atom is -0.416 e. The van der Waals surface area contributed by atoms with Crippen molar-refractivity contribution in [3.8, 4) is 22.9 Å². The molecule has 4 aromatic rings. The second-order valence-electron chi connectivity index (χ2n) is 9.18. The van der Waals surface area contributed by atoms with Crippen molar-refractivity contribution in [1.29, 1.82) is 0 Å². The van der Waals surface area contributed by atoms with Crippen LogP contribution >= 0.6 is 0 Å². The molecular weight excluding hydrogens is 450 g/mol. The average molecular weight is 482 g/mol. The van der Waals surface area contributed by atoms with Crippen LogP contribution in [0.4, 0.5) is 11.4 Å². The SMILES string of the molecule is CCN1CCN(c2ccc(NC(=O)c3ccc(-c4nnc(-c5ccccc5C)o4)cc3)c(C)c2)CC1. The lowest BCUT2D eigenvalue weighted by Crippen LogP contribution is -2.46. The van der Waals surface area contributed by atoms with Crippen LogP contribution in [0.1, 0.15) is 28.4 Å². The largest absolute Gasteiger partial charge is 0.416 e. The molecule has 0 spiro atoms. The summed E-state index contributed by atoms with van der Waals surface area (Å²) < 4.78 is 5.89. The molecule has 0 radical (unpaired) electrons. The third-order valence-corrected chi connectivity index (χ3v) is 6.84. The number of aromatic nitrogens is 2. The molecule has 1 fully saturated rings. The third kappa shape index (κ3) is 5.02. The summed E-state index contributed by atoms with van der Waals surface area (Å²) in [6.07, 6.45) is 0. The van der Waals surface area contributed by atoms with E-state index in [-0.39, 0.29) is 5.91 Å². The first-order valence-electron chi connectivity index (χ1n) is 12.4. The Hall–Kier alpha value is -3.97. The number of aryl methyl sites for hydroxylation is 2. The highest BCUT2D eigenvalue weighted by Crippen LogP contribution is 2.27. The summed E-state index contributed by atoms with van der Waals surface area (Å²) in [5.74, 6) is 0.752. The molecule has 1 aliphatic heterocycles. The molecular formula is C29H31N5O2. The number of piperazine rings is 1. The standard InChI is InChI=1S/C29H31N5O2/c1-4-33-15-17-34(18-16-33)24-13-14-26(21(3)19-24)30-27(35)22-9-11-23(12-10-22)28-31-32-29(36-28)25-8-6-5-7-20(25)2/h5-14,19H,4,15-18H2,1-3H3,(H,30,35). The molecule has 1 amide bonds. The minimum absolute atomic E-state index is 0.153. The topological polar surface area (TPSA) is 74.5 Å². The van der Waals surface area contributed by atoms with E-state index in [0.717, 1.165) is 60.7 Å². The number of hydrogen-bond donors (Lipinski definition) is 1. The maximum atomic E-state index is 12.9. The Balaban J connectivity index is 1.25. The summed E-state index contributed by atoms with van der Waals surface area (Å²) in [5.41, 5.74) is 6.39. The van der Waals surface area contributed by atoms with Crippen molar-refractivity contribution in [3.05, 3.63) is 83.4 Å². The highest BCUT2D eigenvalue weighted by atomic mass is 16.4. The number of carbonyl (C=O) groups is 1. The smallest absolute Gasteiger partial charge is 0.255 e.